The second-order valence-electron chi connectivity index (χ2n) is 5.00. The number of fused-ring (bicyclic) bond motifs is 1. The first-order chi connectivity index (χ1) is 9.29. The molecule has 2 aromatic rings. The van der Waals surface area contributed by atoms with Gasteiger partial charge < -0.3 is 14.6 Å². The summed E-state index contributed by atoms with van der Waals surface area (Å²) in [4.78, 5) is 17.6. The molecule has 0 saturated heterocycles. The van der Waals surface area contributed by atoms with E-state index in [1.165, 1.54) is 0 Å². The van der Waals surface area contributed by atoms with Crippen LogP contribution in [0.1, 0.15) is 23.2 Å². The van der Waals surface area contributed by atoms with Crippen LogP contribution in [0, 0.1) is 0 Å². The van der Waals surface area contributed by atoms with E-state index in [2.05, 4.69) is 4.98 Å². The lowest BCUT2D eigenvalue weighted by Crippen LogP contribution is -2.35. The predicted octanol–water partition coefficient (Wildman–Crippen LogP) is 2.42. The summed E-state index contributed by atoms with van der Waals surface area (Å²) in [6.45, 7) is 1.26. The fourth-order valence-electron chi connectivity index (χ4n) is 2.38. The molecular formula is C15H18N2O2. The van der Waals surface area contributed by atoms with E-state index in [1.807, 2.05) is 35.4 Å². The Morgan fingerprint density at radius 2 is 2.26 bits per heavy atom. The number of hydrogen-bond acceptors (Lipinski definition) is 2. The van der Waals surface area contributed by atoms with Gasteiger partial charge in [-0.15, -0.1) is 0 Å². The van der Waals surface area contributed by atoms with Gasteiger partial charge in [0.1, 0.15) is 0 Å². The summed E-state index contributed by atoms with van der Waals surface area (Å²) in [6, 6.07) is 8.21. The molecule has 0 unspecified atom stereocenters. The molecule has 100 valence electrons. The maximum Gasteiger partial charge on any atom is 0.254 e. The van der Waals surface area contributed by atoms with Crippen molar-refractivity contribution in [2.24, 2.45) is 0 Å². The number of benzene rings is 1. The Balaban J connectivity index is 1.83. The molecule has 1 amide bonds. The lowest BCUT2D eigenvalue weighted by molar-refractivity contribution is 0.0680. The predicted molar refractivity (Wildman–Crippen MR) is 74.2 cm³/mol. The first kappa shape index (κ1) is 12.2. The largest absolute Gasteiger partial charge is 0.383 e. The minimum atomic E-state index is 0.114. The van der Waals surface area contributed by atoms with E-state index in [4.69, 9.17) is 4.74 Å². The summed E-state index contributed by atoms with van der Waals surface area (Å²) in [5.74, 6) is 0.114. The molecule has 1 heterocycles. The quantitative estimate of drug-likeness (QED) is 0.895. The fourth-order valence-corrected chi connectivity index (χ4v) is 2.38. The normalized spacial score (nSPS) is 14.8. The van der Waals surface area contributed by atoms with Gasteiger partial charge >= 0.3 is 0 Å². The topological polar surface area (TPSA) is 45.3 Å². The number of aromatic nitrogens is 1. The van der Waals surface area contributed by atoms with E-state index >= 15 is 0 Å². The monoisotopic (exact) mass is 258 g/mol. The molecule has 1 aliphatic rings. The molecule has 1 fully saturated rings. The maximum atomic E-state index is 12.6. The lowest BCUT2D eigenvalue weighted by Gasteiger charge is -2.22. The van der Waals surface area contributed by atoms with Gasteiger partial charge in [0, 0.05) is 42.4 Å². The molecule has 1 aromatic carbocycles. The van der Waals surface area contributed by atoms with Gasteiger partial charge in [0.15, 0.2) is 0 Å². The van der Waals surface area contributed by atoms with Crippen molar-refractivity contribution in [3.05, 3.63) is 36.0 Å². The van der Waals surface area contributed by atoms with Crippen LogP contribution in [0.2, 0.25) is 0 Å². The number of carbonyl (C=O) groups excluding carboxylic acids is 1. The number of ether oxygens (including phenoxy) is 1. The number of rotatable bonds is 5. The smallest absolute Gasteiger partial charge is 0.254 e. The lowest BCUT2D eigenvalue weighted by atomic mass is 10.1. The molecule has 0 radical (unpaired) electrons. The third-order valence-corrected chi connectivity index (χ3v) is 3.59. The number of methoxy groups -OCH3 is 1. The van der Waals surface area contributed by atoms with Crippen molar-refractivity contribution in [3.8, 4) is 0 Å². The number of carbonyl (C=O) groups is 1. The first-order valence-corrected chi connectivity index (χ1v) is 6.66. The van der Waals surface area contributed by atoms with Crippen molar-refractivity contribution in [1.82, 2.24) is 9.88 Å². The highest BCUT2D eigenvalue weighted by Crippen LogP contribution is 2.28. The highest BCUT2D eigenvalue weighted by molar-refractivity contribution is 5.98. The molecule has 0 aliphatic heterocycles. The average Bonchev–Trinajstić information content (AvgIpc) is 3.15. The Morgan fingerprint density at radius 3 is 3.00 bits per heavy atom. The van der Waals surface area contributed by atoms with E-state index < -0.39 is 0 Å². The highest BCUT2D eigenvalue weighted by Gasteiger charge is 2.32. The number of aromatic amines is 1. The van der Waals surface area contributed by atoms with Gasteiger partial charge in [-0.05, 0) is 37.1 Å². The Morgan fingerprint density at radius 1 is 1.42 bits per heavy atom. The Bertz CT molecular complexity index is 587. The third-order valence-electron chi connectivity index (χ3n) is 3.59. The molecule has 1 aromatic heterocycles. The molecule has 0 spiro atoms. The zero-order valence-electron chi connectivity index (χ0n) is 11.1. The molecule has 1 aliphatic carbocycles. The Hall–Kier alpha value is -1.81. The molecule has 1 N–H and O–H groups in total. The van der Waals surface area contributed by atoms with Gasteiger partial charge in [0.2, 0.25) is 0 Å². The van der Waals surface area contributed by atoms with Gasteiger partial charge in [-0.3, -0.25) is 4.79 Å². The van der Waals surface area contributed by atoms with E-state index in [9.17, 15) is 4.79 Å². The van der Waals surface area contributed by atoms with E-state index in [0.717, 1.165) is 29.3 Å². The number of nitrogens with zero attached hydrogens (tertiary/aromatic N) is 1. The summed E-state index contributed by atoms with van der Waals surface area (Å²) in [7, 11) is 1.67. The molecular weight excluding hydrogens is 240 g/mol. The van der Waals surface area contributed by atoms with Crippen LogP contribution in [0.3, 0.4) is 0 Å². The zero-order valence-corrected chi connectivity index (χ0v) is 11.1. The zero-order chi connectivity index (χ0) is 13.2. The number of hydrogen-bond donors (Lipinski definition) is 1. The molecule has 19 heavy (non-hydrogen) atoms. The van der Waals surface area contributed by atoms with Gasteiger partial charge in [0.25, 0.3) is 5.91 Å². The van der Waals surface area contributed by atoms with Crippen LogP contribution in [0.25, 0.3) is 10.9 Å². The molecule has 4 nitrogen and oxygen atoms in total. The Labute approximate surface area is 112 Å². The van der Waals surface area contributed by atoms with Crippen molar-refractivity contribution >= 4 is 16.8 Å². The van der Waals surface area contributed by atoms with Crippen LogP contribution in [0.5, 0.6) is 0 Å². The minimum absolute atomic E-state index is 0.114. The van der Waals surface area contributed by atoms with E-state index in [0.29, 0.717) is 19.2 Å². The average molecular weight is 258 g/mol. The third kappa shape index (κ3) is 2.49. The summed E-state index contributed by atoms with van der Waals surface area (Å²) in [5.41, 5.74) is 1.82. The summed E-state index contributed by atoms with van der Waals surface area (Å²) in [6.07, 6.45) is 4.12. The van der Waals surface area contributed by atoms with E-state index in [1.54, 1.807) is 7.11 Å². The minimum Gasteiger partial charge on any atom is -0.383 e. The van der Waals surface area contributed by atoms with Gasteiger partial charge in [-0.1, -0.05) is 0 Å². The molecule has 3 rings (SSSR count). The first-order valence-electron chi connectivity index (χ1n) is 6.66. The van der Waals surface area contributed by atoms with Gasteiger partial charge in [-0.25, -0.2) is 0 Å². The van der Waals surface area contributed by atoms with Crippen molar-refractivity contribution in [2.75, 3.05) is 20.3 Å². The van der Waals surface area contributed by atoms with Crippen LogP contribution >= 0.6 is 0 Å². The number of nitrogens with one attached hydrogen (secondary N) is 1. The molecule has 1 saturated carbocycles. The molecule has 4 heteroatoms. The van der Waals surface area contributed by atoms with Crippen LogP contribution in [0.15, 0.2) is 30.5 Å². The van der Waals surface area contributed by atoms with Crippen LogP contribution in [-0.4, -0.2) is 42.1 Å². The van der Waals surface area contributed by atoms with Crippen molar-refractivity contribution in [1.29, 1.82) is 0 Å². The van der Waals surface area contributed by atoms with Gasteiger partial charge in [0.05, 0.1) is 6.61 Å². The summed E-state index contributed by atoms with van der Waals surface area (Å²) in [5, 5.41) is 1.08. The van der Waals surface area contributed by atoms with E-state index in [-0.39, 0.29) is 5.91 Å². The molecule has 0 bridgehead atoms. The van der Waals surface area contributed by atoms with Crippen LogP contribution in [0.4, 0.5) is 0 Å². The van der Waals surface area contributed by atoms with Crippen molar-refractivity contribution in [2.45, 2.75) is 18.9 Å². The highest BCUT2D eigenvalue weighted by atomic mass is 16.5. The summed E-state index contributed by atoms with van der Waals surface area (Å²) >= 11 is 0. The number of H-pyrrole nitrogens is 1. The van der Waals surface area contributed by atoms with Crippen molar-refractivity contribution in [3.63, 3.8) is 0 Å². The van der Waals surface area contributed by atoms with Gasteiger partial charge in [-0.2, -0.15) is 0 Å². The van der Waals surface area contributed by atoms with Crippen LogP contribution < -0.4 is 0 Å². The fraction of sp³-hybridized carbons (Fsp3) is 0.400. The van der Waals surface area contributed by atoms with Crippen LogP contribution in [-0.2, 0) is 4.74 Å². The second-order valence-corrected chi connectivity index (χ2v) is 5.00. The SMILES string of the molecule is COCCN(C(=O)c1ccc2[nH]ccc2c1)C1CC1. The molecule has 0 atom stereocenters. The Kier molecular flexibility index (Phi) is 3.25. The number of amides is 1. The standard InChI is InChI=1S/C15H18N2O2/c1-19-9-8-17(13-3-4-13)15(18)12-2-5-14-11(10-12)6-7-16-14/h2,5-7,10,13,16H,3-4,8-9H2,1H3. The summed E-state index contributed by atoms with van der Waals surface area (Å²) < 4.78 is 5.10. The second kappa shape index (κ2) is 5.05. The maximum absolute atomic E-state index is 12.6. The van der Waals surface area contributed by atoms with Crippen molar-refractivity contribution < 1.29 is 9.53 Å².